The third kappa shape index (κ3) is 2.58. The number of nitrogens with zero attached hydrogens (tertiary/aromatic N) is 1. The van der Waals surface area contributed by atoms with Crippen molar-refractivity contribution in [1.82, 2.24) is 4.31 Å². The zero-order valence-corrected chi connectivity index (χ0v) is 15.7. The van der Waals surface area contributed by atoms with Crippen molar-refractivity contribution in [2.45, 2.75) is 75.3 Å². The molecular formula is C20H27NO3S. The SMILES string of the molecule is Cc1ccc(S(=O)(=O)N2[C@@H]3CC[C@H]2[C@@](C=O)(C2CCCCC2)C3)cc1. The van der Waals surface area contributed by atoms with Gasteiger partial charge in [-0.1, -0.05) is 37.0 Å². The molecular weight excluding hydrogens is 334 g/mol. The molecule has 0 unspecified atom stereocenters. The van der Waals surface area contributed by atoms with Crippen molar-refractivity contribution < 1.29 is 13.2 Å². The summed E-state index contributed by atoms with van der Waals surface area (Å²) in [5.41, 5.74) is 0.592. The number of carbonyl (C=O) groups excluding carboxylic acids is 1. The Morgan fingerprint density at radius 1 is 1.04 bits per heavy atom. The molecule has 5 heteroatoms. The summed E-state index contributed by atoms with van der Waals surface area (Å²) in [6.07, 6.45) is 9.28. The third-order valence-corrected chi connectivity index (χ3v) is 8.81. The summed E-state index contributed by atoms with van der Waals surface area (Å²) in [6.45, 7) is 1.95. The minimum atomic E-state index is -3.54. The number of aldehydes is 1. The molecule has 3 aliphatic rings. The van der Waals surface area contributed by atoms with Crippen LogP contribution >= 0.6 is 0 Å². The van der Waals surface area contributed by atoms with Crippen molar-refractivity contribution in [1.29, 1.82) is 0 Å². The molecule has 3 fully saturated rings. The first kappa shape index (κ1) is 17.2. The van der Waals surface area contributed by atoms with Crippen LogP contribution in [-0.2, 0) is 14.8 Å². The Hall–Kier alpha value is -1.20. The van der Waals surface area contributed by atoms with Crippen molar-refractivity contribution >= 4 is 16.3 Å². The summed E-state index contributed by atoms with van der Waals surface area (Å²) in [7, 11) is -3.54. The van der Waals surface area contributed by atoms with Gasteiger partial charge in [-0.3, -0.25) is 0 Å². The average Bonchev–Trinajstić information content (AvgIpc) is 3.20. The molecule has 0 amide bonds. The van der Waals surface area contributed by atoms with Crippen LogP contribution in [0.4, 0.5) is 0 Å². The lowest BCUT2D eigenvalue weighted by molar-refractivity contribution is -0.121. The number of sulfonamides is 1. The van der Waals surface area contributed by atoms with Crippen LogP contribution in [0.1, 0.15) is 56.9 Å². The van der Waals surface area contributed by atoms with Crippen LogP contribution in [0.25, 0.3) is 0 Å². The third-order valence-electron chi connectivity index (χ3n) is 6.83. The molecule has 0 aromatic heterocycles. The Morgan fingerprint density at radius 2 is 1.72 bits per heavy atom. The molecule has 0 N–H and O–H groups in total. The van der Waals surface area contributed by atoms with Crippen molar-refractivity contribution in [3.63, 3.8) is 0 Å². The normalized spacial score (nSPS) is 33.6. The largest absolute Gasteiger partial charge is 0.303 e. The summed E-state index contributed by atoms with van der Waals surface area (Å²) in [4.78, 5) is 12.6. The first-order valence-corrected chi connectivity index (χ1v) is 11.0. The molecule has 1 aromatic carbocycles. The number of benzene rings is 1. The summed E-state index contributed by atoms with van der Waals surface area (Å²) < 4.78 is 28.3. The fraction of sp³-hybridized carbons (Fsp3) is 0.650. The van der Waals surface area contributed by atoms with E-state index in [1.807, 2.05) is 19.1 Å². The molecule has 25 heavy (non-hydrogen) atoms. The van der Waals surface area contributed by atoms with Crippen molar-refractivity contribution in [2.24, 2.45) is 11.3 Å². The molecule has 4 nitrogen and oxygen atoms in total. The standard InChI is InChI=1S/C20H27NO3S/c1-15-7-10-18(11-8-15)25(23,24)21-17-9-12-19(21)20(13-17,14-22)16-5-3-2-4-6-16/h7-8,10-11,14,16-17,19H,2-6,9,12-13H2,1H3/t17-,19+,20+/m1/s1. The van der Waals surface area contributed by atoms with Gasteiger partial charge in [0.15, 0.2) is 0 Å². The molecule has 0 radical (unpaired) electrons. The van der Waals surface area contributed by atoms with E-state index in [4.69, 9.17) is 0 Å². The highest BCUT2D eigenvalue weighted by Gasteiger charge is 2.62. The second-order valence-corrected chi connectivity index (χ2v) is 10.0. The molecule has 0 spiro atoms. The van der Waals surface area contributed by atoms with Gasteiger partial charge >= 0.3 is 0 Å². The number of aryl methyl sites for hydroxylation is 1. The fourth-order valence-corrected chi connectivity index (χ4v) is 7.53. The first-order valence-electron chi connectivity index (χ1n) is 9.55. The van der Waals surface area contributed by atoms with E-state index in [2.05, 4.69) is 0 Å². The maximum absolute atomic E-state index is 13.3. The minimum Gasteiger partial charge on any atom is -0.303 e. The van der Waals surface area contributed by atoms with E-state index >= 15 is 0 Å². The van der Waals surface area contributed by atoms with Crippen LogP contribution in [0.3, 0.4) is 0 Å². The Morgan fingerprint density at radius 3 is 2.36 bits per heavy atom. The maximum Gasteiger partial charge on any atom is 0.243 e. The molecule has 2 heterocycles. The van der Waals surface area contributed by atoms with Crippen LogP contribution < -0.4 is 0 Å². The van der Waals surface area contributed by atoms with Gasteiger partial charge in [0.1, 0.15) is 6.29 Å². The van der Waals surface area contributed by atoms with E-state index in [1.54, 1.807) is 16.4 Å². The Bertz CT molecular complexity index is 752. The second-order valence-electron chi connectivity index (χ2n) is 8.16. The zero-order chi connectivity index (χ0) is 17.7. The lowest BCUT2D eigenvalue weighted by atomic mass is 9.62. The Balaban J connectivity index is 1.70. The molecule has 3 atom stereocenters. The van der Waals surface area contributed by atoms with E-state index < -0.39 is 15.4 Å². The monoisotopic (exact) mass is 361 g/mol. The van der Waals surface area contributed by atoms with Crippen LogP contribution in [0, 0.1) is 18.3 Å². The van der Waals surface area contributed by atoms with Gasteiger partial charge in [0.25, 0.3) is 0 Å². The molecule has 4 rings (SSSR count). The highest BCUT2D eigenvalue weighted by molar-refractivity contribution is 7.89. The molecule has 2 bridgehead atoms. The molecule has 1 saturated carbocycles. The van der Waals surface area contributed by atoms with E-state index in [1.165, 1.54) is 19.3 Å². The van der Waals surface area contributed by atoms with Gasteiger partial charge < -0.3 is 4.79 Å². The van der Waals surface area contributed by atoms with Crippen LogP contribution in [0.5, 0.6) is 0 Å². The van der Waals surface area contributed by atoms with E-state index in [9.17, 15) is 13.2 Å². The first-order chi connectivity index (χ1) is 12.0. The molecule has 1 aromatic rings. The average molecular weight is 362 g/mol. The highest BCUT2D eigenvalue weighted by Crippen LogP contribution is 2.57. The quantitative estimate of drug-likeness (QED) is 0.769. The summed E-state index contributed by atoms with van der Waals surface area (Å²) in [5, 5.41) is 0. The number of hydrogen-bond acceptors (Lipinski definition) is 3. The van der Waals surface area contributed by atoms with Crippen molar-refractivity contribution in [3.8, 4) is 0 Å². The number of hydrogen-bond donors (Lipinski definition) is 0. The van der Waals surface area contributed by atoms with E-state index in [0.717, 1.165) is 44.0 Å². The van der Waals surface area contributed by atoms with Crippen molar-refractivity contribution in [2.75, 3.05) is 0 Å². The topological polar surface area (TPSA) is 54.5 Å². The van der Waals surface area contributed by atoms with Crippen LogP contribution in [-0.4, -0.2) is 31.1 Å². The molecule has 136 valence electrons. The van der Waals surface area contributed by atoms with Crippen molar-refractivity contribution in [3.05, 3.63) is 29.8 Å². The van der Waals surface area contributed by atoms with Gasteiger partial charge in [-0.2, -0.15) is 4.31 Å². The van der Waals surface area contributed by atoms with Crippen LogP contribution in [0.15, 0.2) is 29.2 Å². The fourth-order valence-electron chi connectivity index (χ4n) is 5.60. The van der Waals surface area contributed by atoms with Gasteiger partial charge in [0, 0.05) is 17.5 Å². The Kier molecular flexibility index (Phi) is 4.27. The van der Waals surface area contributed by atoms with Gasteiger partial charge in [0.05, 0.1) is 4.90 Å². The van der Waals surface area contributed by atoms with E-state index in [0.29, 0.717) is 10.8 Å². The van der Waals surface area contributed by atoms with Crippen LogP contribution in [0.2, 0.25) is 0 Å². The predicted molar refractivity (Wildman–Crippen MR) is 96.7 cm³/mol. The second kappa shape index (κ2) is 6.20. The number of carbonyl (C=O) groups is 1. The van der Waals surface area contributed by atoms with Gasteiger partial charge in [-0.05, 0) is 57.1 Å². The number of fused-ring (bicyclic) bond motifs is 2. The summed E-state index contributed by atoms with van der Waals surface area (Å²) in [6, 6.07) is 6.93. The minimum absolute atomic E-state index is 0.0107. The lowest BCUT2D eigenvalue weighted by Gasteiger charge is -2.41. The lowest BCUT2D eigenvalue weighted by Crippen LogP contribution is -2.46. The molecule has 1 aliphatic carbocycles. The van der Waals surface area contributed by atoms with E-state index in [-0.39, 0.29) is 12.1 Å². The summed E-state index contributed by atoms with van der Waals surface area (Å²) >= 11 is 0. The molecule has 2 aliphatic heterocycles. The van der Waals surface area contributed by atoms with Gasteiger partial charge in [-0.15, -0.1) is 0 Å². The van der Waals surface area contributed by atoms with Gasteiger partial charge in [-0.25, -0.2) is 8.42 Å². The molecule has 2 saturated heterocycles. The Labute approximate surface area is 150 Å². The maximum atomic E-state index is 13.3. The number of rotatable bonds is 4. The smallest absolute Gasteiger partial charge is 0.243 e. The van der Waals surface area contributed by atoms with Gasteiger partial charge in [0.2, 0.25) is 10.0 Å². The predicted octanol–water partition coefficient (Wildman–Crippen LogP) is 3.69. The summed E-state index contributed by atoms with van der Waals surface area (Å²) in [5.74, 6) is 0.352. The highest BCUT2D eigenvalue weighted by atomic mass is 32.2. The zero-order valence-electron chi connectivity index (χ0n) is 14.9.